The summed E-state index contributed by atoms with van der Waals surface area (Å²) in [5, 5.41) is 2.42. The molecule has 1 aromatic rings. The molecule has 0 fully saturated rings. The smallest absolute Gasteiger partial charge is 0.0527 e. The summed E-state index contributed by atoms with van der Waals surface area (Å²) in [5.41, 5.74) is 1.02. The van der Waals surface area contributed by atoms with E-state index in [1.165, 1.54) is 0 Å². The SMILES string of the molecule is O=S(/C=C/N1C=CC=CC1)Cc1ccc(Cl)cc1. The minimum Gasteiger partial charge on any atom is -0.350 e. The first-order valence-electron chi connectivity index (χ1n) is 5.63. The van der Waals surface area contributed by atoms with Crippen LogP contribution in [0.4, 0.5) is 0 Å². The van der Waals surface area contributed by atoms with Gasteiger partial charge in [-0.1, -0.05) is 35.9 Å². The summed E-state index contributed by atoms with van der Waals surface area (Å²) in [5.74, 6) is 0.515. The van der Waals surface area contributed by atoms with Gasteiger partial charge in [0.1, 0.15) is 0 Å². The van der Waals surface area contributed by atoms with Gasteiger partial charge >= 0.3 is 0 Å². The van der Waals surface area contributed by atoms with E-state index in [4.69, 9.17) is 11.6 Å². The van der Waals surface area contributed by atoms with Gasteiger partial charge in [0.05, 0.1) is 16.6 Å². The number of benzene rings is 1. The number of hydrogen-bond donors (Lipinski definition) is 0. The molecule has 0 aromatic heterocycles. The quantitative estimate of drug-likeness (QED) is 0.841. The fourth-order valence-electron chi connectivity index (χ4n) is 1.53. The van der Waals surface area contributed by atoms with Crippen LogP contribution in [-0.4, -0.2) is 15.7 Å². The molecule has 1 aromatic carbocycles. The molecule has 0 radical (unpaired) electrons. The molecule has 94 valence electrons. The Morgan fingerprint density at radius 2 is 2.06 bits per heavy atom. The fraction of sp³-hybridized carbons (Fsp3) is 0.143. The minimum absolute atomic E-state index is 0.515. The molecule has 0 saturated heterocycles. The molecule has 0 N–H and O–H groups in total. The molecule has 2 nitrogen and oxygen atoms in total. The van der Waals surface area contributed by atoms with E-state index in [1.807, 2.05) is 59.8 Å². The zero-order valence-electron chi connectivity index (χ0n) is 9.83. The highest BCUT2D eigenvalue weighted by Gasteiger charge is 1.99. The Morgan fingerprint density at radius 3 is 2.72 bits per heavy atom. The van der Waals surface area contributed by atoms with Crippen LogP contribution in [0.2, 0.25) is 5.02 Å². The van der Waals surface area contributed by atoms with Crippen molar-refractivity contribution >= 4 is 22.4 Å². The maximum absolute atomic E-state index is 11.9. The maximum atomic E-state index is 11.9. The Bertz CT molecular complexity index is 505. The number of halogens is 1. The van der Waals surface area contributed by atoms with E-state index in [1.54, 1.807) is 5.41 Å². The summed E-state index contributed by atoms with van der Waals surface area (Å²) in [6.45, 7) is 0.825. The van der Waals surface area contributed by atoms with Gasteiger partial charge < -0.3 is 4.90 Å². The molecule has 1 atom stereocenters. The van der Waals surface area contributed by atoms with Crippen molar-refractivity contribution in [2.75, 3.05) is 6.54 Å². The Balaban J connectivity index is 1.88. The monoisotopic (exact) mass is 279 g/mol. The highest BCUT2D eigenvalue weighted by Crippen LogP contribution is 2.11. The highest BCUT2D eigenvalue weighted by atomic mass is 35.5. The van der Waals surface area contributed by atoms with E-state index in [-0.39, 0.29) is 0 Å². The van der Waals surface area contributed by atoms with Crippen molar-refractivity contribution < 1.29 is 4.21 Å². The molecular weight excluding hydrogens is 266 g/mol. The summed E-state index contributed by atoms with van der Waals surface area (Å²) in [6.07, 6.45) is 9.81. The summed E-state index contributed by atoms with van der Waals surface area (Å²) in [4.78, 5) is 1.99. The predicted molar refractivity (Wildman–Crippen MR) is 77.4 cm³/mol. The maximum Gasteiger partial charge on any atom is 0.0527 e. The summed E-state index contributed by atoms with van der Waals surface area (Å²) in [7, 11) is -1.00. The lowest BCUT2D eigenvalue weighted by Crippen LogP contribution is -2.11. The lowest BCUT2D eigenvalue weighted by molar-refractivity contribution is 0.561. The van der Waals surface area contributed by atoms with Crippen LogP contribution < -0.4 is 0 Å². The lowest BCUT2D eigenvalue weighted by atomic mass is 10.2. The molecule has 0 aliphatic carbocycles. The van der Waals surface area contributed by atoms with Crippen molar-refractivity contribution in [3.8, 4) is 0 Å². The Hall–Kier alpha value is -1.32. The van der Waals surface area contributed by atoms with Crippen molar-refractivity contribution in [3.05, 3.63) is 70.9 Å². The lowest BCUT2D eigenvalue weighted by Gasteiger charge is -2.14. The van der Waals surface area contributed by atoms with Crippen LogP contribution in [0.25, 0.3) is 0 Å². The van der Waals surface area contributed by atoms with Crippen molar-refractivity contribution in [3.63, 3.8) is 0 Å². The number of allylic oxidation sites excluding steroid dienone is 2. The van der Waals surface area contributed by atoms with Crippen LogP contribution in [0.3, 0.4) is 0 Å². The fourth-order valence-corrected chi connectivity index (χ4v) is 2.57. The Labute approximate surface area is 115 Å². The van der Waals surface area contributed by atoms with Gasteiger partial charge in [-0.25, -0.2) is 0 Å². The van der Waals surface area contributed by atoms with E-state index in [0.717, 1.165) is 12.1 Å². The second kappa shape index (κ2) is 6.57. The van der Waals surface area contributed by atoms with Crippen LogP contribution >= 0.6 is 11.6 Å². The van der Waals surface area contributed by atoms with Gasteiger partial charge in [0.2, 0.25) is 0 Å². The first-order chi connectivity index (χ1) is 8.74. The van der Waals surface area contributed by atoms with E-state index >= 15 is 0 Å². The second-order valence-corrected chi connectivity index (χ2v) is 5.66. The normalized spacial score (nSPS) is 16.4. The summed E-state index contributed by atoms with van der Waals surface area (Å²) >= 11 is 5.80. The average molecular weight is 280 g/mol. The number of rotatable bonds is 4. The molecule has 0 amide bonds. The Kier molecular flexibility index (Phi) is 4.79. The molecule has 1 heterocycles. The predicted octanol–water partition coefficient (Wildman–Crippen LogP) is 3.45. The minimum atomic E-state index is -1.00. The standard InChI is InChI=1S/C14H14ClNOS/c15-14-6-4-13(5-7-14)12-18(17)11-10-16-8-2-1-3-9-16/h1-8,10-11H,9,12H2/b11-10+. The van der Waals surface area contributed by atoms with Gasteiger partial charge in [-0.15, -0.1) is 0 Å². The first-order valence-corrected chi connectivity index (χ1v) is 7.39. The van der Waals surface area contributed by atoms with Crippen LogP contribution in [-0.2, 0) is 16.6 Å². The third-order valence-electron chi connectivity index (χ3n) is 2.47. The molecule has 4 heteroatoms. The van der Waals surface area contributed by atoms with Gasteiger partial charge in [-0.2, -0.15) is 0 Å². The molecule has 1 aliphatic heterocycles. The third kappa shape index (κ3) is 4.17. The number of nitrogens with zero attached hydrogens (tertiary/aromatic N) is 1. The van der Waals surface area contributed by atoms with E-state index in [0.29, 0.717) is 10.8 Å². The van der Waals surface area contributed by atoms with Gasteiger partial charge in [0.15, 0.2) is 0 Å². The van der Waals surface area contributed by atoms with Crippen molar-refractivity contribution in [2.24, 2.45) is 0 Å². The molecule has 2 rings (SSSR count). The van der Waals surface area contributed by atoms with Crippen LogP contribution in [0.5, 0.6) is 0 Å². The summed E-state index contributed by atoms with van der Waals surface area (Å²) < 4.78 is 11.9. The Morgan fingerprint density at radius 1 is 1.28 bits per heavy atom. The van der Waals surface area contributed by atoms with Gasteiger partial charge in [-0.3, -0.25) is 4.21 Å². The number of hydrogen-bond acceptors (Lipinski definition) is 2. The largest absolute Gasteiger partial charge is 0.350 e. The molecular formula is C14H14ClNOS. The zero-order chi connectivity index (χ0) is 12.8. The molecule has 0 spiro atoms. The van der Waals surface area contributed by atoms with Crippen molar-refractivity contribution in [2.45, 2.75) is 5.75 Å². The van der Waals surface area contributed by atoms with Crippen LogP contribution in [0, 0.1) is 0 Å². The van der Waals surface area contributed by atoms with Gasteiger partial charge in [0.25, 0.3) is 0 Å². The van der Waals surface area contributed by atoms with Crippen molar-refractivity contribution in [1.29, 1.82) is 0 Å². The van der Waals surface area contributed by atoms with Crippen LogP contribution in [0.1, 0.15) is 5.56 Å². The summed E-state index contributed by atoms with van der Waals surface area (Å²) in [6, 6.07) is 7.43. The van der Waals surface area contributed by atoms with E-state index < -0.39 is 10.8 Å². The molecule has 0 bridgehead atoms. The highest BCUT2D eigenvalue weighted by molar-refractivity contribution is 7.87. The van der Waals surface area contributed by atoms with E-state index in [2.05, 4.69) is 0 Å². The van der Waals surface area contributed by atoms with Gasteiger partial charge in [0, 0.05) is 29.4 Å². The molecule has 18 heavy (non-hydrogen) atoms. The van der Waals surface area contributed by atoms with Gasteiger partial charge in [-0.05, 0) is 23.8 Å². The molecule has 1 unspecified atom stereocenters. The third-order valence-corrected chi connectivity index (χ3v) is 3.76. The van der Waals surface area contributed by atoms with Crippen LogP contribution in [0.15, 0.2) is 60.3 Å². The molecule has 0 saturated carbocycles. The molecule has 1 aliphatic rings. The first kappa shape index (κ1) is 13.1. The van der Waals surface area contributed by atoms with E-state index in [9.17, 15) is 4.21 Å². The zero-order valence-corrected chi connectivity index (χ0v) is 11.4. The second-order valence-electron chi connectivity index (χ2n) is 3.90. The van der Waals surface area contributed by atoms with Crippen molar-refractivity contribution in [1.82, 2.24) is 4.90 Å². The average Bonchev–Trinajstić information content (AvgIpc) is 2.40. The topological polar surface area (TPSA) is 20.3 Å².